The molecule has 0 bridgehead atoms. The molecule has 1 unspecified atom stereocenters. The van der Waals surface area contributed by atoms with Gasteiger partial charge in [-0.2, -0.15) is 0 Å². The quantitative estimate of drug-likeness (QED) is 0.747. The Bertz CT molecular complexity index is 515. The lowest BCUT2D eigenvalue weighted by atomic mass is 10.2. The lowest BCUT2D eigenvalue weighted by molar-refractivity contribution is -0.119. The van der Waals surface area contributed by atoms with Gasteiger partial charge in [-0.15, -0.1) is 0 Å². The van der Waals surface area contributed by atoms with E-state index in [1.54, 1.807) is 0 Å². The van der Waals surface area contributed by atoms with E-state index < -0.39 is 0 Å². The van der Waals surface area contributed by atoms with Gasteiger partial charge < -0.3 is 16.0 Å². The largest absolute Gasteiger partial charge is 0.370 e. The van der Waals surface area contributed by atoms with E-state index in [-0.39, 0.29) is 17.9 Å². The highest BCUT2D eigenvalue weighted by atomic mass is 16.1. The van der Waals surface area contributed by atoms with Crippen LogP contribution in [-0.2, 0) is 4.79 Å². The molecule has 0 aliphatic carbocycles. The van der Waals surface area contributed by atoms with Crippen LogP contribution in [0.5, 0.6) is 0 Å². The summed E-state index contributed by atoms with van der Waals surface area (Å²) in [6, 6.07) is 0.102. The fourth-order valence-electron chi connectivity index (χ4n) is 2.25. The first-order valence-corrected chi connectivity index (χ1v) is 7.66. The van der Waals surface area contributed by atoms with Gasteiger partial charge in [0.15, 0.2) is 0 Å². The third kappa shape index (κ3) is 3.83. The van der Waals surface area contributed by atoms with Gasteiger partial charge >= 0.3 is 0 Å². The molecule has 2 rings (SSSR count). The molecule has 1 saturated heterocycles. The van der Waals surface area contributed by atoms with Crippen LogP contribution in [0.2, 0.25) is 0 Å². The molecule has 21 heavy (non-hydrogen) atoms. The predicted octanol–water partition coefficient (Wildman–Crippen LogP) is 2.03. The predicted molar refractivity (Wildman–Crippen MR) is 84.7 cm³/mol. The van der Waals surface area contributed by atoms with Crippen molar-refractivity contribution >= 4 is 17.5 Å². The van der Waals surface area contributed by atoms with Crippen molar-refractivity contribution in [3.63, 3.8) is 0 Å². The van der Waals surface area contributed by atoms with Crippen LogP contribution in [0.1, 0.15) is 50.9 Å². The summed E-state index contributed by atoms with van der Waals surface area (Å²) in [4.78, 5) is 20.6. The van der Waals surface area contributed by atoms with E-state index in [1.807, 2.05) is 6.92 Å². The zero-order valence-electron chi connectivity index (χ0n) is 13.3. The molecule has 0 saturated carbocycles. The molecule has 1 aromatic rings. The number of amides is 1. The molecular weight excluding hydrogens is 266 g/mol. The van der Waals surface area contributed by atoms with E-state index in [0.717, 1.165) is 36.0 Å². The van der Waals surface area contributed by atoms with Gasteiger partial charge in [-0.05, 0) is 13.3 Å². The molecule has 2 heterocycles. The van der Waals surface area contributed by atoms with Gasteiger partial charge in [0.1, 0.15) is 17.5 Å². The number of hydrogen-bond donors (Lipinski definition) is 3. The van der Waals surface area contributed by atoms with Crippen molar-refractivity contribution in [1.29, 1.82) is 0 Å². The Morgan fingerprint density at radius 3 is 2.62 bits per heavy atom. The first-order chi connectivity index (χ1) is 10.0. The molecule has 1 aliphatic rings. The lowest BCUT2D eigenvalue weighted by Crippen LogP contribution is -2.24. The Kier molecular flexibility index (Phi) is 4.98. The maximum atomic E-state index is 11.3. The fraction of sp³-hybridized carbons (Fsp3) is 0.667. The second-order valence-corrected chi connectivity index (χ2v) is 5.83. The molecule has 1 atom stereocenters. The third-order valence-corrected chi connectivity index (χ3v) is 3.54. The number of rotatable bonds is 6. The van der Waals surface area contributed by atoms with Crippen molar-refractivity contribution in [2.24, 2.45) is 0 Å². The summed E-state index contributed by atoms with van der Waals surface area (Å²) in [5, 5.41) is 9.57. The summed E-state index contributed by atoms with van der Waals surface area (Å²) >= 11 is 0. The Morgan fingerprint density at radius 1 is 1.33 bits per heavy atom. The van der Waals surface area contributed by atoms with Crippen LogP contribution in [0.25, 0.3) is 0 Å². The van der Waals surface area contributed by atoms with Gasteiger partial charge in [-0.3, -0.25) is 4.79 Å². The molecule has 0 aromatic carbocycles. The van der Waals surface area contributed by atoms with E-state index >= 15 is 0 Å². The zero-order chi connectivity index (χ0) is 15.4. The minimum Gasteiger partial charge on any atom is -0.370 e. The summed E-state index contributed by atoms with van der Waals surface area (Å²) in [6.45, 7) is 9.84. The Hall–Kier alpha value is -1.85. The molecule has 6 heteroatoms. The maximum absolute atomic E-state index is 11.3. The molecule has 6 nitrogen and oxygen atoms in total. The van der Waals surface area contributed by atoms with E-state index in [0.29, 0.717) is 13.0 Å². The number of carbonyl (C=O) groups is 1. The second-order valence-electron chi connectivity index (χ2n) is 5.83. The highest BCUT2D eigenvalue weighted by Crippen LogP contribution is 2.24. The Balaban J connectivity index is 2.24. The average Bonchev–Trinajstić information content (AvgIpc) is 2.84. The number of aromatic nitrogens is 2. The van der Waals surface area contributed by atoms with Crippen LogP contribution in [-0.4, -0.2) is 35.0 Å². The van der Waals surface area contributed by atoms with Gasteiger partial charge in [0.05, 0.1) is 6.04 Å². The molecule has 1 fully saturated rings. The summed E-state index contributed by atoms with van der Waals surface area (Å²) in [5.74, 6) is 2.88. The SMILES string of the molecule is CCCNc1nc(C(C)C)nc(NC2CNC(=O)C2)c1C. The minimum atomic E-state index is 0.0904. The first kappa shape index (κ1) is 15.5. The maximum Gasteiger partial charge on any atom is 0.222 e. The van der Waals surface area contributed by atoms with E-state index in [1.165, 1.54) is 0 Å². The molecule has 116 valence electrons. The van der Waals surface area contributed by atoms with Gasteiger partial charge in [0, 0.05) is 31.0 Å². The van der Waals surface area contributed by atoms with Crippen molar-refractivity contribution in [1.82, 2.24) is 15.3 Å². The van der Waals surface area contributed by atoms with E-state index in [2.05, 4.69) is 46.7 Å². The number of nitrogens with one attached hydrogen (secondary N) is 3. The van der Waals surface area contributed by atoms with Gasteiger partial charge in [-0.1, -0.05) is 20.8 Å². The molecule has 0 spiro atoms. The summed E-state index contributed by atoms with van der Waals surface area (Å²) in [6.07, 6.45) is 1.54. The fourth-order valence-corrected chi connectivity index (χ4v) is 2.25. The van der Waals surface area contributed by atoms with Crippen LogP contribution >= 0.6 is 0 Å². The van der Waals surface area contributed by atoms with Crippen LogP contribution in [0.3, 0.4) is 0 Å². The van der Waals surface area contributed by atoms with Gasteiger partial charge in [-0.25, -0.2) is 9.97 Å². The highest BCUT2D eigenvalue weighted by Gasteiger charge is 2.23. The Morgan fingerprint density at radius 2 is 2.05 bits per heavy atom. The minimum absolute atomic E-state index is 0.0904. The third-order valence-electron chi connectivity index (χ3n) is 3.54. The smallest absolute Gasteiger partial charge is 0.222 e. The number of hydrogen-bond acceptors (Lipinski definition) is 5. The average molecular weight is 291 g/mol. The standard InChI is InChI=1S/C15H25N5O/c1-5-6-16-14-10(4)15(20-13(19-14)9(2)3)18-11-7-12(21)17-8-11/h9,11H,5-8H2,1-4H3,(H,17,21)(H2,16,18,19,20). The van der Waals surface area contributed by atoms with Crippen molar-refractivity contribution < 1.29 is 4.79 Å². The van der Waals surface area contributed by atoms with Gasteiger partial charge in [0.25, 0.3) is 0 Å². The lowest BCUT2D eigenvalue weighted by Gasteiger charge is -2.18. The normalized spacial score (nSPS) is 18.0. The van der Waals surface area contributed by atoms with Gasteiger partial charge in [0.2, 0.25) is 5.91 Å². The van der Waals surface area contributed by atoms with Crippen molar-refractivity contribution in [2.75, 3.05) is 23.7 Å². The Labute approximate surface area is 126 Å². The topological polar surface area (TPSA) is 78.9 Å². The van der Waals surface area contributed by atoms with E-state index in [4.69, 9.17) is 0 Å². The van der Waals surface area contributed by atoms with Crippen LogP contribution in [0.4, 0.5) is 11.6 Å². The van der Waals surface area contributed by atoms with Crippen LogP contribution < -0.4 is 16.0 Å². The summed E-state index contributed by atoms with van der Waals surface area (Å²) < 4.78 is 0. The van der Waals surface area contributed by atoms with Crippen molar-refractivity contribution in [3.8, 4) is 0 Å². The van der Waals surface area contributed by atoms with Crippen LogP contribution in [0, 0.1) is 6.92 Å². The number of anilines is 2. The van der Waals surface area contributed by atoms with Crippen LogP contribution in [0.15, 0.2) is 0 Å². The molecular formula is C15H25N5O. The van der Waals surface area contributed by atoms with Crippen molar-refractivity contribution in [2.45, 2.75) is 52.5 Å². The number of carbonyl (C=O) groups excluding carboxylic acids is 1. The molecule has 0 radical (unpaired) electrons. The first-order valence-electron chi connectivity index (χ1n) is 7.66. The molecule has 3 N–H and O–H groups in total. The highest BCUT2D eigenvalue weighted by molar-refractivity contribution is 5.79. The van der Waals surface area contributed by atoms with E-state index in [9.17, 15) is 4.79 Å². The molecule has 1 aliphatic heterocycles. The number of nitrogens with zero attached hydrogens (tertiary/aromatic N) is 2. The summed E-state index contributed by atoms with van der Waals surface area (Å²) in [5.41, 5.74) is 1.01. The molecule has 1 amide bonds. The monoisotopic (exact) mass is 291 g/mol. The zero-order valence-corrected chi connectivity index (χ0v) is 13.3. The second kappa shape index (κ2) is 6.74. The summed E-state index contributed by atoms with van der Waals surface area (Å²) in [7, 11) is 0. The van der Waals surface area contributed by atoms with Crippen molar-refractivity contribution in [3.05, 3.63) is 11.4 Å². The molecule has 1 aromatic heterocycles.